The number of hydrogen-bond acceptors (Lipinski definition) is 4. The molecule has 0 aliphatic carbocycles. The van der Waals surface area contributed by atoms with E-state index in [1.807, 2.05) is 0 Å². The lowest BCUT2D eigenvalue weighted by molar-refractivity contribution is -0.321. The molecule has 0 atom stereocenters. The van der Waals surface area contributed by atoms with E-state index >= 15 is 0 Å². The van der Waals surface area contributed by atoms with Gasteiger partial charge in [0.2, 0.25) is 0 Å². The van der Waals surface area contributed by atoms with Crippen molar-refractivity contribution in [3.8, 4) is 23.0 Å². The quantitative estimate of drug-likeness (QED) is 0.183. The summed E-state index contributed by atoms with van der Waals surface area (Å²) in [5.74, 6) is -15.6. The Labute approximate surface area is 208 Å². The third kappa shape index (κ3) is 5.13. The van der Waals surface area contributed by atoms with Gasteiger partial charge in [-0.25, -0.2) is 0 Å². The van der Waals surface area contributed by atoms with Crippen molar-refractivity contribution in [2.24, 2.45) is 0 Å². The average molecular weight is 518 g/mol. The third-order valence-corrected chi connectivity index (χ3v) is 5.41. The molecule has 10 heteroatoms. The molecule has 0 aliphatic rings. The van der Waals surface area contributed by atoms with Crippen LogP contribution in [0.2, 0.25) is 0 Å². The van der Waals surface area contributed by atoms with E-state index in [-0.39, 0.29) is 23.0 Å². The molecule has 0 saturated carbocycles. The van der Waals surface area contributed by atoms with Crippen LogP contribution in [-0.2, 0) is 11.8 Å². The van der Waals surface area contributed by atoms with Crippen molar-refractivity contribution in [1.29, 1.82) is 0 Å². The molecule has 0 heterocycles. The Balaban J connectivity index is 1.53. The summed E-state index contributed by atoms with van der Waals surface area (Å²) in [5.41, 5.74) is 9.42. The van der Waals surface area contributed by atoms with Gasteiger partial charge in [-0.2, -0.15) is 26.3 Å². The Hall–Kier alpha value is -4.34. The van der Waals surface area contributed by atoms with Crippen molar-refractivity contribution in [3.63, 3.8) is 0 Å². The van der Waals surface area contributed by atoms with E-state index in [9.17, 15) is 26.3 Å². The van der Waals surface area contributed by atoms with Crippen LogP contribution in [0.4, 0.5) is 37.7 Å². The van der Waals surface area contributed by atoms with Gasteiger partial charge in [-0.1, -0.05) is 12.1 Å². The van der Waals surface area contributed by atoms with Crippen LogP contribution in [0.25, 0.3) is 0 Å². The number of hydrogen-bond donors (Lipinski definition) is 2. The zero-order valence-corrected chi connectivity index (χ0v) is 19.0. The van der Waals surface area contributed by atoms with Gasteiger partial charge in [-0.05, 0) is 72.8 Å². The fourth-order valence-corrected chi connectivity index (χ4v) is 3.45. The predicted molar refractivity (Wildman–Crippen MR) is 127 cm³/mol. The van der Waals surface area contributed by atoms with E-state index in [2.05, 4.69) is 0 Å². The van der Waals surface area contributed by atoms with Crippen LogP contribution in [0, 0.1) is 0 Å². The molecule has 0 aromatic heterocycles. The molecule has 0 unspecified atom stereocenters. The average Bonchev–Trinajstić information content (AvgIpc) is 2.84. The highest BCUT2D eigenvalue weighted by atomic mass is 19.3. The van der Waals surface area contributed by atoms with Gasteiger partial charge in [0, 0.05) is 34.6 Å². The van der Waals surface area contributed by atoms with Crippen molar-refractivity contribution < 1.29 is 35.8 Å². The summed E-state index contributed by atoms with van der Waals surface area (Å²) in [5, 5.41) is 0. The molecule has 0 aliphatic heterocycles. The second kappa shape index (κ2) is 9.61. The monoisotopic (exact) mass is 518 g/mol. The minimum atomic E-state index is -5.77. The lowest BCUT2D eigenvalue weighted by Gasteiger charge is -2.33. The molecule has 0 fully saturated rings. The van der Waals surface area contributed by atoms with Crippen LogP contribution in [-0.4, -0.2) is 5.92 Å². The van der Waals surface area contributed by atoms with Crippen LogP contribution in [0.15, 0.2) is 97.1 Å². The number of rotatable bonds is 8. The van der Waals surface area contributed by atoms with E-state index in [1.54, 1.807) is 36.4 Å². The Bertz CT molecular complexity index is 1270. The van der Waals surface area contributed by atoms with Gasteiger partial charge in [0.25, 0.3) is 0 Å². The van der Waals surface area contributed by atoms with E-state index in [4.69, 9.17) is 20.9 Å². The molecule has 0 saturated heterocycles. The summed E-state index contributed by atoms with van der Waals surface area (Å²) in [6.07, 6.45) is 0. The van der Waals surface area contributed by atoms with Crippen LogP contribution in [0.5, 0.6) is 23.0 Å². The maximum Gasteiger partial charge on any atom is 0.380 e. The highest BCUT2D eigenvalue weighted by molar-refractivity contribution is 5.46. The molecule has 37 heavy (non-hydrogen) atoms. The zero-order chi connectivity index (χ0) is 26.8. The molecular formula is C27H20F6N2O2. The first kappa shape index (κ1) is 25.7. The first-order chi connectivity index (χ1) is 17.4. The minimum absolute atomic E-state index is 0.0241. The fourth-order valence-electron chi connectivity index (χ4n) is 3.45. The second-order valence-electron chi connectivity index (χ2n) is 8.12. The summed E-state index contributed by atoms with van der Waals surface area (Å²) in [4.78, 5) is 0. The molecule has 0 bridgehead atoms. The Morgan fingerprint density at radius 1 is 0.459 bits per heavy atom. The SMILES string of the molecule is Nc1cccc(Oc2ccc(C(F)(F)C(F)(F)C(F)(F)c3ccc(Oc4cccc(N)c4)cc3)cc2)c1. The van der Waals surface area contributed by atoms with Crippen LogP contribution in [0.1, 0.15) is 11.1 Å². The van der Waals surface area contributed by atoms with Gasteiger partial charge >= 0.3 is 17.8 Å². The van der Waals surface area contributed by atoms with Crippen molar-refractivity contribution >= 4 is 11.4 Å². The Kier molecular flexibility index (Phi) is 6.68. The van der Waals surface area contributed by atoms with Crippen LogP contribution < -0.4 is 20.9 Å². The molecule has 0 amide bonds. The smallest absolute Gasteiger partial charge is 0.380 e. The molecule has 4 aromatic carbocycles. The summed E-state index contributed by atoms with van der Waals surface area (Å²) in [6.45, 7) is 0. The third-order valence-electron chi connectivity index (χ3n) is 5.41. The highest BCUT2D eigenvalue weighted by Crippen LogP contribution is 2.55. The lowest BCUT2D eigenvalue weighted by Crippen LogP contribution is -2.50. The van der Waals surface area contributed by atoms with E-state index in [0.29, 0.717) is 35.6 Å². The number of benzene rings is 4. The number of anilines is 2. The lowest BCUT2D eigenvalue weighted by atomic mass is 9.93. The highest BCUT2D eigenvalue weighted by Gasteiger charge is 2.72. The molecule has 192 valence electrons. The number of halogens is 6. The van der Waals surface area contributed by atoms with Crippen LogP contribution in [0.3, 0.4) is 0 Å². The first-order valence-electron chi connectivity index (χ1n) is 10.8. The van der Waals surface area contributed by atoms with Gasteiger partial charge in [0.1, 0.15) is 23.0 Å². The maximum atomic E-state index is 14.8. The predicted octanol–water partition coefficient (Wildman–Crippen LogP) is 7.95. The molecule has 4 rings (SSSR count). The van der Waals surface area contributed by atoms with E-state index in [0.717, 1.165) is 24.3 Å². The topological polar surface area (TPSA) is 70.5 Å². The number of nitrogens with two attached hydrogens (primary N) is 2. The summed E-state index contributed by atoms with van der Waals surface area (Å²) < 4.78 is 99.6. The molecule has 4 nitrogen and oxygen atoms in total. The van der Waals surface area contributed by atoms with Crippen molar-refractivity contribution in [3.05, 3.63) is 108 Å². The standard InChI is InChI=1S/C27H20F6N2O2/c28-25(29,17-7-11-21(12-8-17)36-23-5-1-3-19(34)15-23)27(32,33)26(30,31)18-9-13-22(14-10-18)37-24-6-2-4-20(35)16-24/h1-16H,34-35H2. The largest absolute Gasteiger partial charge is 0.457 e. The summed E-state index contributed by atoms with van der Waals surface area (Å²) in [6, 6.07) is 18.7. The van der Waals surface area contributed by atoms with Gasteiger partial charge in [-0.15, -0.1) is 0 Å². The van der Waals surface area contributed by atoms with Crippen molar-refractivity contribution in [2.75, 3.05) is 11.5 Å². The number of ether oxygens (including phenoxy) is 2. The minimum Gasteiger partial charge on any atom is -0.457 e. The summed E-state index contributed by atoms with van der Waals surface area (Å²) >= 11 is 0. The van der Waals surface area contributed by atoms with Gasteiger partial charge in [-0.3, -0.25) is 0 Å². The Morgan fingerprint density at radius 3 is 1.14 bits per heavy atom. The van der Waals surface area contributed by atoms with E-state index in [1.165, 1.54) is 12.1 Å². The molecule has 4 N–H and O–H groups in total. The van der Waals surface area contributed by atoms with Gasteiger partial charge < -0.3 is 20.9 Å². The maximum absolute atomic E-state index is 14.8. The molecule has 4 aromatic rings. The number of alkyl halides is 6. The van der Waals surface area contributed by atoms with Gasteiger partial charge in [0.15, 0.2) is 0 Å². The molecule has 0 spiro atoms. The van der Waals surface area contributed by atoms with Crippen molar-refractivity contribution in [2.45, 2.75) is 17.8 Å². The second-order valence-corrected chi connectivity index (χ2v) is 8.12. The normalized spacial score (nSPS) is 12.3. The molecule has 0 radical (unpaired) electrons. The number of nitrogen functional groups attached to an aromatic ring is 2. The van der Waals surface area contributed by atoms with Gasteiger partial charge in [0.05, 0.1) is 0 Å². The van der Waals surface area contributed by atoms with E-state index < -0.39 is 28.9 Å². The first-order valence-corrected chi connectivity index (χ1v) is 10.8. The summed E-state index contributed by atoms with van der Waals surface area (Å²) in [7, 11) is 0. The van der Waals surface area contributed by atoms with Crippen molar-refractivity contribution in [1.82, 2.24) is 0 Å². The Morgan fingerprint density at radius 2 is 0.811 bits per heavy atom. The molecular weight excluding hydrogens is 498 g/mol. The van der Waals surface area contributed by atoms with Crippen LogP contribution >= 0.6 is 0 Å². The fraction of sp³-hybridized carbons (Fsp3) is 0.111. The zero-order valence-electron chi connectivity index (χ0n) is 19.0.